The highest BCUT2D eigenvalue weighted by Crippen LogP contribution is 2.30. The minimum absolute atomic E-state index is 0.280. The van der Waals surface area contributed by atoms with Gasteiger partial charge < -0.3 is 10.6 Å². The molecule has 0 aliphatic carbocycles. The smallest absolute Gasteiger partial charge is 0.274 e. The van der Waals surface area contributed by atoms with Crippen molar-refractivity contribution in [2.75, 3.05) is 17.2 Å². The van der Waals surface area contributed by atoms with Gasteiger partial charge in [-0.3, -0.25) is 9.78 Å². The van der Waals surface area contributed by atoms with Crippen LogP contribution in [-0.4, -0.2) is 17.4 Å². The molecular formula is C15H15BrClN3O. The topological polar surface area (TPSA) is 54.0 Å². The van der Waals surface area contributed by atoms with Gasteiger partial charge in [-0.1, -0.05) is 24.6 Å². The molecule has 110 valence electrons. The van der Waals surface area contributed by atoms with Crippen LogP contribution in [-0.2, 0) is 0 Å². The van der Waals surface area contributed by atoms with Crippen LogP contribution >= 0.6 is 27.5 Å². The van der Waals surface area contributed by atoms with Crippen molar-refractivity contribution in [1.29, 1.82) is 0 Å². The minimum atomic E-state index is -0.280. The van der Waals surface area contributed by atoms with Crippen LogP contribution in [0.15, 0.2) is 41.0 Å². The van der Waals surface area contributed by atoms with E-state index in [9.17, 15) is 4.79 Å². The molecule has 0 saturated heterocycles. The average Bonchev–Trinajstić information content (AvgIpc) is 2.50. The Kier molecular flexibility index (Phi) is 5.59. The predicted molar refractivity (Wildman–Crippen MR) is 90.1 cm³/mol. The predicted octanol–water partition coefficient (Wildman–Crippen LogP) is 4.57. The standard InChI is InChI=1S/C15H15BrClN3O/c1-2-7-18-10-6-8-19-13(9-10)15(21)20-12-5-3-4-11(17)14(12)16/h3-6,8-9H,2,7H2,1H3,(H,18,19)(H,20,21). The van der Waals surface area contributed by atoms with E-state index in [1.807, 2.05) is 6.07 Å². The van der Waals surface area contributed by atoms with Crippen molar-refractivity contribution < 1.29 is 4.79 Å². The molecule has 0 spiro atoms. The summed E-state index contributed by atoms with van der Waals surface area (Å²) in [6.45, 7) is 2.93. The molecule has 1 amide bonds. The summed E-state index contributed by atoms with van der Waals surface area (Å²) in [5.74, 6) is -0.280. The van der Waals surface area contributed by atoms with Crippen LogP contribution in [0.5, 0.6) is 0 Å². The lowest BCUT2D eigenvalue weighted by Gasteiger charge is -2.09. The number of benzene rings is 1. The van der Waals surface area contributed by atoms with E-state index < -0.39 is 0 Å². The molecule has 2 N–H and O–H groups in total. The van der Waals surface area contributed by atoms with Crippen LogP contribution in [0.2, 0.25) is 5.02 Å². The number of aromatic nitrogens is 1. The summed E-state index contributed by atoms with van der Waals surface area (Å²) in [5.41, 5.74) is 1.84. The second-order valence-corrected chi connectivity index (χ2v) is 5.61. The second-order valence-electron chi connectivity index (χ2n) is 4.41. The van der Waals surface area contributed by atoms with E-state index in [0.717, 1.165) is 18.7 Å². The molecule has 2 rings (SSSR count). The molecule has 0 saturated carbocycles. The molecular weight excluding hydrogens is 354 g/mol. The van der Waals surface area contributed by atoms with Gasteiger partial charge in [0, 0.05) is 18.4 Å². The van der Waals surface area contributed by atoms with E-state index in [1.165, 1.54) is 0 Å². The van der Waals surface area contributed by atoms with E-state index >= 15 is 0 Å². The zero-order valence-corrected chi connectivity index (χ0v) is 13.8. The number of carbonyl (C=O) groups is 1. The Morgan fingerprint density at radius 2 is 2.19 bits per heavy atom. The Morgan fingerprint density at radius 3 is 2.95 bits per heavy atom. The summed E-state index contributed by atoms with van der Waals surface area (Å²) in [7, 11) is 0. The zero-order valence-electron chi connectivity index (χ0n) is 11.5. The molecule has 0 aliphatic rings. The molecule has 0 unspecified atom stereocenters. The molecule has 0 radical (unpaired) electrons. The number of nitrogens with zero attached hydrogens (tertiary/aromatic N) is 1. The molecule has 0 bridgehead atoms. The van der Waals surface area contributed by atoms with Crippen LogP contribution < -0.4 is 10.6 Å². The summed E-state index contributed by atoms with van der Waals surface area (Å²) in [6.07, 6.45) is 2.62. The molecule has 1 heterocycles. The van der Waals surface area contributed by atoms with Gasteiger partial charge in [0.1, 0.15) is 5.69 Å². The molecule has 1 aromatic heterocycles. The number of hydrogen-bond donors (Lipinski definition) is 2. The monoisotopic (exact) mass is 367 g/mol. The van der Waals surface area contributed by atoms with Gasteiger partial charge in [0.05, 0.1) is 15.2 Å². The van der Waals surface area contributed by atoms with Crippen LogP contribution in [0.25, 0.3) is 0 Å². The van der Waals surface area contributed by atoms with E-state index in [2.05, 4.69) is 38.5 Å². The van der Waals surface area contributed by atoms with Gasteiger partial charge in [0.25, 0.3) is 5.91 Å². The molecule has 2 aromatic rings. The van der Waals surface area contributed by atoms with Crippen LogP contribution in [0.3, 0.4) is 0 Å². The summed E-state index contributed by atoms with van der Waals surface area (Å²) in [5, 5.41) is 6.55. The number of hydrogen-bond acceptors (Lipinski definition) is 3. The summed E-state index contributed by atoms with van der Waals surface area (Å²) in [4.78, 5) is 16.3. The number of halogens is 2. The Labute approximate surface area is 137 Å². The van der Waals surface area contributed by atoms with Crippen molar-refractivity contribution in [2.24, 2.45) is 0 Å². The molecule has 0 atom stereocenters. The van der Waals surface area contributed by atoms with E-state index in [1.54, 1.807) is 30.5 Å². The molecule has 21 heavy (non-hydrogen) atoms. The number of carbonyl (C=O) groups excluding carboxylic acids is 1. The number of anilines is 2. The van der Waals surface area contributed by atoms with E-state index in [-0.39, 0.29) is 5.91 Å². The van der Waals surface area contributed by atoms with Crippen LogP contribution in [0.1, 0.15) is 23.8 Å². The third-order valence-corrected chi connectivity index (χ3v) is 4.17. The average molecular weight is 369 g/mol. The highest BCUT2D eigenvalue weighted by Gasteiger charge is 2.11. The first-order valence-electron chi connectivity index (χ1n) is 6.57. The largest absolute Gasteiger partial charge is 0.385 e. The SMILES string of the molecule is CCCNc1ccnc(C(=O)Nc2cccc(Cl)c2Br)c1. The third-order valence-electron chi connectivity index (χ3n) is 2.77. The Balaban J connectivity index is 2.15. The lowest BCUT2D eigenvalue weighted by Crippen LogP contribution is -2.14. The summed E-state index contributed by atoms with van der Waals surface area (Å²) >= 11 is 9.35. The van der Waals surface area contributed by atoms with Crippen molar-refractivity contribution in [1.82, 2.24) is 4.98 Å². The van der Waals surface area contributed by atoms with Gasteiger partial charge >= 0.3 is 0 Å². The van der Waals surface area contributed by atoms with Gasteiger partial charge in [-0.25, -0.2) is 0 Å². The summed E-state index contributed by atoms with van der Waals surface area (Å²) < 4.78 is 0.653. The normalized spacial score (nSPS) is 10.2. The van der Waals surface area contributed by atoms with Gasteiger partial charge in [0.2, 0.25) is 0 Å². The quantitative estimate of drug-likeness (QED) is 0.812. The van der Waals surface area contributed by atoms with Crippen molar-refractivity contribution in [3.05, 3.63) is 51.7 Å². The first-order valence-corrected chi connectivity index (χ1v) is 7.74. The summed E-state index contributed by atoms with van der Waals surface area (Å²) in [6, 6.07) is 8.85. The highest BCUT2D eigenvalue weighted by atomic mass is 79.9. The maximum atomic E-state index is 12.2. The number of amides is 1. The fourth-order valence-corrected chi connectivity index (χ4v) is 2.26. The number of nitrogens with one attached hydrogen (secondary N) is 2. The third kappa shape index (κ3) is 4.19. The van der Waals surface area contributed by atoms with Gasteiger partial charge in [-0.15, -0.1) is 0 Å². The number of pyridine rings is 1. The van der Waals surface area contributed by atoms with Crippen LogP contribution in [0, 0.1) is 0 Å². The van der Waals surface area contributed by atoms with Crippen molar-refractivity contribution in [3.63, 3.8) is 0 Å². The maximum Gasteiger partial charge on any atom is 0.274 e. The maximum absolute atomic E-state index is 12.2. The molecule has 1 aromatic carbocycles. The van der Waals surface area contributed by atoms with E-state index in [4.69, 9.17) is 11.6 Å². The fraction of sp³-hybridized carbons (Fsp3) is 0.200. The highest BCUT2D eigenvalue weighted by molar-refractivity contribution is 9.10. The zero-order chi connectivity index (χ0) is 15.2. The first-order chi connectivity index (χ1) is 10.1. The van der Waals surface area contributed by atoms with E-state index in [0.29, 0.717) is 20.9 Å². The second kappa shape index (κ2) is 7.43. The minimum Gasteiger partial charge on any atom is -0.385 e. The number of rotatable bonds is 5. The van der Waals surface area contributed by atoms with Crippen molar-refractivity contribution in [3.8, 4) is 0 Å². The molecule has 4 nitrogen and oxygen atoms in total. The fourth-order valence-electron chi connectivity index (χ4n) is 1.72. The Bertz CT molecular complexity index is 649. The lowest BCUT2D eigenvalue weighted by molar-refractivity contribution is 0.102. The van der Waals surface area contributed by atoms with Crippen molar-refractivity contribution >= 4 is 44.8 Å². The van der Waals surface area contributed by atoms with Crippen LogP contribution in [0.4, 0.5) is 11.4 Å². The molecule has 0 aliphatic heterocycles. The molecule has 6 heteroatoms. The first kappa shape index (κ1) is 15.8. The Hall–Kier alpha value is -1.59. The van der Waals surface area contributed by atoms with Gasteiger partial charge in [-0.05, 0) is 46.6 Å². The van der Waals surface area contributed by atoms with Gasteiger partial charge in [-0.2, -0.15) is 0 Å². The molecule has 0 fully saturated rings. The van der Waals surface area contributed by atoms with Gasteiger partial charge in [0.15, 0.2) is 0 Å². The Morgan fingerprint density at radius 1 is 1.38 bits per heavy atom. The van der Waals surface area contributed by atoms with Crippen molar-refractivity contribution in [2.45, 2.75) is 13.3 Å². The lowest BCUT2D eigenvalue weighted by atomic mass is 10.2.